The monoisotopic (exact) mass is 846 g/mol. The highest BCUT2D eigenvalue weighted by atomic mass is 32.1. The van der Waals surface area contributed by atoms with E-state index in [0.29, 0.717) is 41.5 Å². The summed E-state index contributed by atoms with van der Waals surface area (Å²) in [4.78, 5) is 43.8. The van der Waals surface area contributed by atoms with Crippen LogP contribution >= 0.6 is 22.7 Å². The highest BCUT2D eigenvalue weighted by molar-refractivity contribution is 7.11. The molecule has 2 aliphatic heterocycles. The second-order valence-electron chi connectivity index (χ2n) is 16.0. The van der Waals surface area contributed by atoms with E-state index < -0.39 is 0 Å². The Hall–Kier alpha value is -4.38. The number of aryl methyl sites for hydroxylation is 4. The van der Waals surface area contributed by atoms with Gasteiger partial charge in [-0.15, -0.1) is 43.1 Å². The Morgan fingerprint density at radius 2 is 1.47 bits per heavy atom. The molecular weight excluding hydrogens is 775 g/mol. The fraction of sp³-hybridized carbons (Fsp3) is 0.659. The zero-order valence-corrected chi connectivity index (χ0v) is 39.9. The van der Waals surface area contributed by atoms with Gasteiger partial charge in [0.2, 0.25) is 17.7 Å². The minimum atomic E-state index is -0.385. The van der Waals surface area contributed by atoms with Gasteiger partial charge >= 0.3 is 6.03 Å². The molecule has 0 saturated carbocycles. The molecule has 326 valence electrons. The fourth-order valence-corrected chi connectivity index (χ4v) is 5.54. The maximum atomic E-state index is 11.4. The zero-order chi connectivity index (χ0) is 44.9. The first kappa shape index (κ1) is 53.6. The largest absolute Gasteiger partial charge is 0.425 e. The van der Waals surface area contributed by atoms with Gasteiger partial charge < -0.3 is 14.6 Å². The van der Waals surface area contributed by atoms with Crippen LogP contribution < -0.4 is 10.6 Å². The van der Waals surface area contributed by atoms with Crippen LogP contribution in [0.25, 0.3) is 0 Å². The number of carbonyl (C=O) groups excluding carboxylic acids is 3. The minimum absolute atomic E-state index is 0.132. The normalized spacial score (nSPS) is 15.6. The van der Waals surface area contributed by atoms with E-state index in [1.165, 1.54) is 4.88 Å². The van der Waals surface area contributed by atoms with E-state index in [4.69, 9.17) is 4.42 Å². The van der Waals surface area contributed by atoms with Gasteiger partial charge in [-0.25, -0.2) is 9.78 Å². The van der Waals surface area contributed by atoms with Crippen molar-refractivity contribution in [1.29, 1.82) is 0 Å². The zero-order valence-electron chi connectivity index (χ0n) is 38.2. The van der Waals surface area contributed by atoms with Gasteiger partial charge in [-0.1, -0.05) is 89.7 Å². The van der Waals surface area contributed by atoms with E-state index in [9.17, 15) is 14.4 Å². The van der Waals surface area contributed by atoms with Crippen molar-refractivity contribution < 1.29 is 18.8 Å². The molecule has 0 aliphatic carbocycles. The molecule has 0 spiro atoms. The van der Waals surface area contributed by atoms with Gasteiger partial charge in [-0.05, 0) is 39.5 Å². The van der Waals surface area contributed by atoms with Crippen LogP contribution in [0.5, 0.6) is 0 Å². The lowest BCUT2D eigenvalue weighted by molar-refractivity contribution is -0.126. The van der Waals surface area contributed by atoms with Gasteiger partial charge in [0.15, 0.2) is 0 Å². The van der Waals surface area contributed by atoms with Crippen LogP contribution in [0, 0.1) is 38.5 Å². The molecule has 0 bridgehead atoms. The molecule has 2 atom stereocenters. The molecule has 6 rings (SSSR count). The molecule has 2 N–H and O–H groups in total. The second-order valence-corrected chi connectivity index (χ2v) is 18.3. The van der Waals surface area contributed by atoms with Crippen LogP contribution in [0.1, 0.15) is 147 Å². The average Bonchev–Trinajstić information content (AvgIpc) is 3.99. The van der Waals surface area contributed by atoms with Crippen LogP contribution in [0.2, 0.25) is 0 Å². The molecule has 4 aromatic heterocycles. The number of urea groups is 1. The number of aromatic nitrogens is 8. The number of rotatable bonds is 5. The summed E-state index contributed by atoms with van der Waals surface area (Å²) in [6, 6.07) is -0.416. The first-order valence-electron chi connectivity index (χ1n) is 19.8. The Bertz CT molecular complexity index is 1710. The van der Waals surface area contributed by atoms with E-state index in [1.807, 2.05) is 86.0 Å². The SMILES string of the molecule is C=C1C(=O)N(C(C)C)CC1C.CC(C)C.CC(C)C1NC(=O)NC1=O.CC(C)c1ncnn1C.Cc1cncs1.Cc1nnc(C(C)C)o1.Cc1nnc(C(C)C)s1. The van der Waals surface area contributed by atoms with Crippen molar-refractivity contribution in [1.82, 2.24) is 55.7 Å². The molecule has 2 fully saturated rings. The summed E-state index contributed by atoms with van der Waals surface area (Å²) in [5.41, 5.74) is 2.59. The number of carbonyl (C=O) groups is 3. The van der Waals surface area contributed by atoms with Crippen molar-refractivity contribution in [2.24, 2.45) is 24.8 Å². The smallest absolute Gasteiger partial charge is 0.322 e. The predicted molar refractivity (Wildman–Crippen MR) is 235 cm³/mol. The van der Waals surface area contributed by atoms with Crippen LogP contribution in [0.4, 0.5) is 4.79 Å². The van der Waals surface area contributed by atoms with E-state index in [0.717, 1.165) is 33.9 Å². The van der Waals surface area contributed by atoms with Gasteiger partial charge in [0.05, 0.1) is 5.51 Å². The molecule has 17 heteroatoms. The Morgan fingerprint density at radius 1 is 0.862 bits per heavy atom. The third-order valence-electron chi connectivity index (χ3n) is 7.59. The molecule has 2 unspecified atom stereocenters. The predicted octanol–water partition coefficient (Wildman–Crippen LogP) is 8.80. The molecule has 2 saturated heterocycles. The third kappa shape index (κ3) is 21.4. The van der Waals surface area contributed by atoms with Gasteiger partial charge in [-0.3, -0.25) is 24.6 Å². The van der Waals surface area contributed by atoms with Gasteiger partial charge in [-0.2, -0.15) is 5.10 Å². The number of hydrogen-bond acceptors (Lipinski definition) is 13. The van der Waals surface area contributed by atoms with Crippen molar-refractivity contribution in [2.75, 3.05) is 6.54 Å². The Kier molecular flexibility index (Phi) is 25.3. The first-order chi connectivity index (χ1) is 26.9. The number of likely N-dealkylation sites (tertiary alicyclic amines) is 1. The lowest BCUT2D eigenvalue weighted by Gasteiger charge is -2.19. The molecule has 15 nitrogen and oxygen atoms in total. The second kappa shape index (κ2) is 27.3. The van der Waals surface area contributed by atoms with Gasteiger partial charge in [0, 0.05) is 66.9 Å². The molecule has 6 heterocycles. The molecule has 0 radical (unpaired) electrons. The number of amides is 4. The van der Waals surface area contributed by atoms with Gasteiger partial charge in [0.1, 0.15) is 28.2 Å². The fourth-order valence-electron chi connectivity index (χ4n) is 4.43. The highest BCUT2D eigenvalue weighted by Gasteiger charge is 2.32. The van der Waals surface area contributed by atoms with E-state index in [2.05, 4.69) is 101 Å². The number of thiazole rings is 1. The Balaban J connectivity index is 0.000000664. The molecule has 4 amide bonds. The average molecular weight is 846 g/mol. The summed E-state index contributed by atoms with van der Waals surface area (Å²) >= 11 is 3.34. The number of nitrogens with one attached hydrogen (secondary N) is 2. The summed E-state index contributed by atoms with van der Waals surface area (Å²) in [6.45, 7) is 39.3. The summed E-state index contributed by atoms with van der Waals surface area (Å²) < 4.78 is 6.92. The van der Waals surface area contributed by atoms with Crippen molar-refractivity contribution in [3.8, 4) is 0 Å². The minimum Gasteiger partial charge on any atom is -0.425 e. The Morgan fingerprint density at radius 3 is 1.66 bits per heavy atom. The third-order valence-corrected chi connectivity index (χ3v) is 9.43. The maximum Gasteiger partial charge on any atom is 0.322 e. The van der Waals surface area contributed by atoms with Crippen molar-refractivity contribution >= 4 is 40.5 Å². The number of imide groups is 1. The highest BCUT2D eigenvalue weighted by Crippen LogP contribution is 2.23. The standard InChI is InChI=1S/C9H15NO.C6H11N3.C6H10N2O2.C6H10N2O.C6H10N2S.C4H5NS.C4H10/c1-6(2)10-5-7(3)8(4)9(10)11;1-5(2)6-7-4-8-9(6)3;1-3(2)4-5(9)8-6(10)7-4;2*1-4(2)6-8-7-5(3)9-6;1-4-2-5-3-6-4;1-4(2)3/h6-7H,4-5H2,1-3H3;4-5H,1-3H3;3-4H,1-2H3,(H2,7,8,9,10);2*4H,1-3H3;2-3H,1H3;4H,1-3H3. The molecule has 2 aliphatic rings. The van der Waals surface area contributed by atoms with Crippen molar-refractivity contribution in [2.45, 2.75) is 148 Å². The summed E-state index contributed by atoms with van der Waals surface area (Å²) in [5.74, 6) is 4.96. The van der Waals surface area contributed by atoms with Gasteiger partial charge in [0.25, 0.3) is 5.91 Å². The molecular formula is C41H71N11O4S2. The molecule has 58 heavy (non-hydrogen) atoms. The van der Waals surface area contributed by atoms with Crippen LogP contribution in [0.3, 0.4) is 0 Å². The van der Waals surface area contributed by atoms with E-state index in [1.54, 1.807) is 40.6 Å². The van der Waals surface area contributed by atoms with Crippen LogP contribution in [-0.4, -0.2) is 81.5 Å². The van der Waals surface area contributed by atoms with E-state index >= 15 is 0 Å². The topological polar surface area (TPSA) is 187 Å². The molecule has 4 aromatic rings. The maximum absolute atomic E-state index is 11.4. The van der Waals surface area contributed by atoms with Crippen LogP contribution in [0.15, 0.2) is 34.6 Å². The Labute approximate surface area is 355 Å². The summed E-state index contributed by atoms with van der Waals surface area (Å²) in [6.07, 6.45) is 3.43. The first-order valence-corrected chi connectivity index (χ1v) is 21.5. The number of hydrogen-bond donors (Lipinski definition) is 2. The number of nitrogens with zero attached hydrogens (tertiary/aromatic N) is 9. The van der Waals surface area contributed by atoms with Crippen molar-refractivity contribution in [3.63, 3.8) is 0 Å². The van der Waals surface area contributed by atoms with Crippen LogP contribution in [-0.2, 0) is 16.6 Å². The summed E-state index contributed by atoms with van der Waals surface area (Å²) in [5, 5.41) is 26.2. The quantitative estimate of drug-likeness (QED) is 0.144. The summed E-state index contributed by atoms with van der Waals surface area (Å²) in [7, 11) is 1.91. The van der Waals surface area contributed by atoms with E-state index in [-0.39, 0.29) is 29.8 Å². The lowest BCUT2D eigenvalue weighted by atomic mass is 10.1. The molecule has 0 aromatic carbocycles. The van der Waals surface area contributed by atoms with Crippen molar-refractivity contribution in [3.05, 3.63) is 62.7 Å². The lowest BCUT2D eigenvalue weighted by Crippen LogP contribution is -2.33.